The van der Waals surface area contributed by atoms with E-state index in [2.05, 4.69) is 36.4 Å². The van der Waals surface area contributed by atoms with Crippen molar-refractivity contribution in [3.63, 3.8) is 0 Å². The Morgan fingerprint density at radius 3 is 2.82 bits per heavy atom. The van der Waals surface area contributed by atoms with E-state index in [0.29, 0.717) is 0 Å². The van der Waals surface area contributed by atoms with Crippen LogP contribution in [0.25, 0.3) is 21.5 Å². The molecule has 1 aliphatic heterocycles. The number of hydrogen-bond donors (Lipinski definition) is 2. The van der Waals surface area contributed by atoms with Gasteiger partial charge in [-0.1, -0.05) is 42.5 Å². The van der Waals surface area contributed by atoms with Crippen LogP contribution in [0.2, 0.25) is 0 Å². The molecule has 108 valence electrons. The number of aliphatic hydroxyl groups excluding tert-OH is 2. The van der Waals surface area contributed by atoms with Crippen molar-refractivity contribution in [1.29, 1.82) is 0 Å². The predicted octanol–water partition coefficient (Wildman–Crippen LogP) is 2.55. The van der Waals surface area contributed by atoms with Crippen molar-refractivity contribution in [3.8, 4) is 0 Å². The van der Waals surface area contributed by atoms with Crippen LogP contribution >= 0.6 is 0 Å². The molecule has 3 aromatic rings. The third kappa shape index (κ3) is 1.07. The number of aliphatic hydroxyl groups is 2. The molecule has 0 unspecified atom stereocenters. The molecule has 0 saturated carbocycles. The Balaban J connectivity index is 1.83. The number of hydrogen-bond acceptors (Lipinski definition) is 3. The summed E-state index contributed by atoms with van der Waals surface area (Å²) in [6, 6.07) is 14.7. The first kappa shape index (κ1) is 11.6. The van der Waals surface area contributed by atoms with Crippen LogP contribution in [0.5, 0.6) is 0 Å². The minimum atomic E-state index is -0.850. The molecule has 3 aliphatic rings. The van der Waals surface area contributed by atoms with Gasteiger partial charge in [0.15, 0.2) is 0 Å². The average molecular weight is 290 g/mol. The summed E-state index contributed by atoms with van der Waals surface area (Å²) in [6.45, 7) is 0. The van der Waals surface area contributed by atoms with Crippen LogP contribution < -0.4 is 0 Å². The summed E-state index contributed by atoms with van der Waals surface area (Å²) >= 11 is 0. The Bertz CT molecular complexity index is 993. The minimum Gasteiger partial charge on any atom is -0.387 e. The summed E-state index contributed by atoms with van der Waals surface area (Å²) < 4.78 is 5.94. The molecule has 2 N–H and O–H groups in total. The summed E-state index contributed by atoms with van der Waals surface area (Å²) in [4.78, 5) is 0. The maximum atomic E-state index is 10.4. The molecule has 4 atom stereocenters. The van der Waals surface area contributed by atoms with Crippen molar-refractivity contribution in [2.75, 3.05) is 0 Å². The van der Waals surface area contributed by atoms with E-state index < -0.39 is 17.8 Å². The highest BCUT2D eigenvalue weighted by Gasteiger charge is 2.68. The standard InChI is InChI=1S/C19H14O3/c20-16-13-6-5-12-11-4-2-1-3-9(11)7-10-8-19(15(13)14(10)12)18(22-19)17(16)21/h1-7,16-18,20-21H,8H2/t16-,17+,18+,19-/m1/s1. The number of rotatable bonds is 0. The molecule has 1 saturated heterocycles. The van der Waals surface area contributed by atoms with Gasteiger partial charge in [-0.3, -0.25) is 0 Å². The van der Waals surface area contributed by atoms with Gasteiger partial charge in [-0.25, -0.2) is 0 Å². The van der Waals surface area contributed by atoms with Gasteiger partial charge in [0.2, 0.25) is 0 Å². The van der Waals surface area contributed by atoms with Crippen molar-refractivity contribution in [2.24, 2.45) is 0 Å². The first-order valence-electron chi connectivity index (χ1n) is 7.72. The molecule has 3 heteroatoms. The summed E-state index contributed by atoms with van der Waals surface area (Å²) in [7, 11) is 0. The van der Waals surface area contributed by atoms with E-state index in [1.165, 1.54) is 27.1 Å². The lowest BCUT2D eigenvalue weighted by Crippen LogP contribution is -2.34. The normalized spacial score (nSPS) is 34.2. The monoisotopic (exact) mass is 290 g/mol. The molecule has 6 rings (SSSR count). The second-order valence-electron chi connectivity index (χ2n) is 6.75. The van der Waals surface area contributed by atoms with Crippen LogP contribution in [0.4, 0.5) is 0 Å². The van der Waals surface area contributed by atoms with Gasteiger partial charge in [0.1, 0.15) is 23.9 Å². The fourth-order valence-electron chi connectivity index (χ4n) is 4.75. The van der Waals surface area contributed by atoms with Gasteiger partial charge in [-0.2, -0.15) is 0 Å². The van der Waals surface area contributed by atoms with Gasteiger partial charge < -0.3 is 14.9 Å². The number of epoxide rings is 1. The SMILES string of the molecule is O[C@H]1[C@H](O)c2ccc3c4c(cc5ccccc53)C[C@@]3(O[C@@H]13)c24. The van der Waals surface area contributed by atoms with Gasteiger partial charge >= 0.3 is 0 Å². The van der Waals surface area contributed by atoms with Gasteiger partial charge in [-0.05, 0) is 32.7 Å². The molecule has 0 bridgehead atoms. The Hall–Kier alpha value is -1.94. The molecule has 2 aliphatic carbocycles. The third-order valence-corrected chi connectivity index (χ3v) is 5.71. The zero-order chi connectivity index (χ0) is 14.6. The Morgan fingerprint density at radius 1 is 1.05 bits per heavy atom. The summed E-state index contributed by atoms with van der Waals surface area (Å²) in [5, 5.41) is 25.6. The number of fused-ring (bicyclic) bond motifs is 2. The minimum absolute atomic E-state index is 0.267. The summed E-state index contributed by atoms with van der Waals surface area (Å²) in [6.07, 6.45) is -1.14. The zero-order valence-corrected chi connectivity index (χ0v) is 11.8. The van der Waals surface area contributed by atoms with Crippen LogP contribution in [0.1, 0.15) is 22.8 Å². The topological polar surface area (TPSA) is 53.0 Å². The zero-order valence-electron chi connectivity index (χ0n) is 11.8. The number of benzene rings is 3. The van der Waals surface area contributed by atoms with E-state index in [1.54, 1.807) is 0 Å². The lowest BCUT2D eigenvalue weighted by Gasteiger charge is -2.26. The molecular weight excluding hydrogens is 276 g/mol. The molecule has 1 heterocycles. The van der Waals surface area contributed by atoms with E-state index in [9.17, 15) is 10.2 Å². The van der Waals surface area contributed by atoms with Gasteiger partial charge in [0.05, 0.1) is 0 Å². The van der Waals surface area contributed by atoms with Crippen LogP contribution in [0.3, 0.4) is 0 Å². The lowest BCUT2D eigenvalue weighted by molar-refractivity contribution is -0.000809. The van der Waals surface area contributed by atoms with Crippen LogP contribution in [-0.2, 0) is 16.8 Å². The number of ether oxygens (including phenoxy) is 1. The van der Waals surface area contributed by atoms with Gasteiger partial charge in [-0.15, -0.1) is 0 Å². The van der Waals surface area contributed by atoms with Crippen molar-refractivity contribution >= 4 is 21.5 Å². The molecule has 0 amide bonds. The quantitative estimate of drug-likeness (QED) is 0.494. The van der Waals surface area contributed by atoms with Crippen LogP contribution in [0, 0.1) is 0 Å². The van der Waals surface area contributed by atoms with E-state index >= 15 is 0 Å². The third-order valence-electron chi connectivity index (χ3n) is 5.71. The molecule has 3 nitrogen and oxygen atoms in total. The fourth-order valence-corrected chi connectivity index (χ4v) is 4.75. The van der Waals surface area contributed by atoms with Gasteiger partial charge in [0.25, 0.3) is 0 Å². The summed E-state index contributed by atoms with van der Waals surface area (Å²) in [5.41, 5.74) is 2.83. The summed E-state index contributed by atoms with van der Waals surface area (Å²) in [5.74, 6) is 0. The first-order valence-corrected chi connectivity index (χ1v) is 7.72. The van der Waals surface area contributed by atoms with Crippen molar-refractivity contribution in [3.05, 3.63) is 59.2 Å². The van der Waals surface area contributed by atoms with Crippen LogP contribution in [0.15, 0.2) is 42.5 Å². The highest BCUT2D eigenvalue weighted by atomic mass is 16.6. The highest BCUT2D eigenvalue weighted by molar-refractivity contribution is 6.12. The smallest absolute Gasteiger partial charge is 0.128 e. The largest absolute Gasteiger partial charge is 0.387 e. The van der Waals surface area contributed by atoms with Crippen molar-refractivity contribution < 1.29 is 14.9 Å². The molecular formula is C19H14O3. The molecule has 0 radical (unpaired) electrons. The maximum absolute atomic E-state index is 10.4. The maximum Gasteiger partial charge on any atom is 0.128 e. The highest BCUT2D eigenvalue weighted by Crippen LogP contribution is 2.63. The average Bonchev–Trinajstić information content (AvgIpc) is 3.18. The van der Waals surface area contributed by atoms with E-state index in [-0.39, 0.29) is 6.10 Å². The van der Waals surface area contributed by atoms with E-state index in [0.717, 1.165) is 17.5 Å². The molecule has 1 fully saturated rings. The molecule has 0 aromatic heterocycles. The van der Waals surface area contributed by atoms with Crippen LogP contribution in [-0.4, -0.2) is 22.4 Å². The predicted molar refractivity (Wildman–Crippen MR) is 82.7 cm³/mol. The first-order chi connectivity index (χ1) is 10.7. The van der Waals surface area contributed by atoms with Crippen molar-refractivity contribution in [2.45, 2.75) is 30.3 Å². The van der Waals surface area contributed by atoms with Crippen molar-refractivity contribution in [1.82, 2.24) is 0 Å². The Labute approximate surface area is 126 Å². The Morgan fingerprint density at radius 2 is 1.91 bits per heavy atom. The van der Waals surface area contributed by atoms with Gasteiger partial charge in [0, 0.05) is 12.0 Å². The second-order valence-corrected chi connectivity index (χ2v) is 6.75. The lowest BCUT2D eigenvalue weighted by atomic mass is 9.80. The second kappa shape index (κ2) is 3.35. The fraction of sp³-hybridized carbons (Fsp3) is 0.263. The Kier molecular flexibility index (Phi) is 1.77. The van der Waals surface area contributed by atoms with E-state index in [4.69, 9.17) is 4.74 Å². The molecule has 22 heavy (non-hydrogen) atoms. The van der Waals surface area contributed by atoms with E-state index in [1.807, 2.05) is 6.07 Å². The molecule has 3 aromatic carbocycles. The molecule has 1 spiro atoms.